The number of rotatable bonds is 5. The standard InChI is InChI=1S/C11H15NO4/c1-16-7-9(6-13)12-11(15)8-2-4-10(14)5-3-8/h2-5,9,13-14H,6-7H2,1H3,(H,12,15). The van der Waals surface area contributed by atoms with Crippen molar-refractivity contribution >= 4 is 5.91 Å². The number of hydrogen-bond donors (Lipinski definition) is 3. The molecule has 3 N–H and O–H groups in total. The quantitative estimate of drug-likeness (QED) is 0.665. The van der Waals surface area contributed by atoms with Crippen LogP contribution >= 0.6 is 0 Å². The second-order valence-corrected chi connectivity index (χ2v) is 3.36. The van der Waals surface area contributed by atoms with E-state index in [2.05, 4.69) is 5.32 Å². The Hall–Kier alpha value is -1.59. The van der Waals surface area contributed by atoms with Gasteiger partial charge in [0.25, 0.3) is 5.91 Å². The van der Waals surface area contributed by atoms with E-state index in [9.17, 15) is 4.79 Å². The maximum Gasteiger partial charge on any atom is 0.251 e. The Bertz CT molecular complexity index is 336. The highest BCUT2D eigenvalue weighted by Gasteiger charge is 2.12. The fourth-order valence-corrected chi connectivity index (χ4v) is 1.22. The van der Waals surface area contributed by atoms with E-state index in [1.807, 2.05) is 0 Å². The Morgan fingerprint density at radius 1 is 1.44 bits per heavy atom. The number of phenols is 1. The van der Waals surface area contributed by atoms with Gasteiger partial charge in [-0.15, -0.1) is 0 Å². The number of aliphatic hydroxyl groups is 1. The lowest BCUT2D eigenvalue weighted by atomic mass is 10.2. The molecule has 5 nitrogen and oxygen atoms in total. The average molecular weight is 225 g/mol. The van der Waals surface area contributed by atoms with Gasteiger partial charge in [0.05, 0.1) is 19.3 Å². The number of ether oxygens (including phenoxy) is 1. The average Bonchev–Trinajstić information content (AvgIpc) is 2.29. The topological polar surface area (TPSA) is 78.8 Å². The first-order valence-electron chi connectivity index (χ1n) is 4.87. The SMILES string of the molecule is COCC(CO)NC(=O)c1ccc(O)cc1. The summed E-state index contributed by atoms with van der Waals surface area (Å²) in [7, 11) is 1.50. The summed E-state index contributed by atoms with van der Waals surface area (Å²) in [6.45, 7) is 0.0674. The number of hydrogen-bond acceptors (Lipinski definition) is 4. The zero-order valence-electron chi connectivity index (χ0n) is 9.01. The Labute approximate surface area is 93.7 Å². The molecule has 0 aliphatic carbocycles. The van der Waals surface area contributed by atoms with Crippen molar-refractivity contribution in [2.75, 3.05) is 20.3 Å². The molecule has 1 unspecified atom stereocenters. The van der Waals surface area contributed by atoms with Crippen LogP contribution in [0.1, 0.15) is 10.4 Å². The molecule has 0 aromatic heterocycles. The summed E-state index contributed by atoms with van der Waals surface area (Å²) in [5.74, 6) is -0.205. The molecule has 0 saturated carbocycles. The van der Waals surface area contributed by atoms with Gasteiger partial charge in [-0.3, -0.25) is 4.79 Å². The second-order valence-electron chi connectivity index (χ2n) is 3.36. The third-order valence-electron chi connectivity index (χ3n) is 2.05. The number of phenolic OH excluding ortho intramolecular Hbond substituents is 1. The van der Waals surface area contributed by atoms with Crippen molar-refractivity contribution < 1.29 is 19.7 Å². The smallest absolute Gasteiger partial charge is 0.251 e. The van der Waals surface area contributed by atoms with Crippen molar-refractivity contribution in [3.63, 3.8) is 0 Å². The summed E-state index contributed by atoms with van der Waals surface area (Å²) in [5.41, 5.74) is 0.423. The third-order valence-corrected chi connectivity index (χ3v) is 2.05. The predicted molar refractivity (Wildman–Crippen MR) is 58.3 cm³/mol. The van der Waals surface area contributed by atoms with Crippen LogP contribution < -0.4 is 5.32 Å². The Morgan fingerprint density at radius 2 is 2.06 bits per heavy atom. The molecule has 5 heteroatoms. The zero-order chi connectivity index (χ0) is 12.0. The number of aromatic hydroxyl groups is 1. The Morgan fingerprint density at radius 3 is 2.56 bits per heavy atom. The van der Waals surface area contributed by atoms with E-state index in [-0.39, 0.29) is 24.9 Å². The summed E-state index contributed by atoms with van der Waals surface area (Å²) in [4.78, 5) is 11.6. The number of carbonyl (C=O) groups excluding carboxylic acids is 1. The van der Waals surface area contributed by atoms with E-state index in [0.717, 1.165) is 0 Å². The van der Waals surface area contributed by atoms with E-state index < -0.39 is 6.04 Å². The van der Waals surface area contributed by atoms with E-state index in [4.69, 9.17) is 14.9 Å². The number of benzene rings is 1. The first kappa shape index (κ1) is 12.5. The molecular weight excluding hydrogens is 210 g/mol. The van der Waals surface area contributed by atoms with Gasteiger partial charge < -0.3 is 20.3 Å². The molecule has 88 valence electrons. The summed E-state index contributed by atoms with van der Waals surface area (Å²) < 4.78 is 4.84. The van der Waals surface area contributed by atoms with Crippen molar-refractivity contribution in [3.05, 3.63) is 29.8 Å². The van der Waals surface area contributed by atoms with Gasteiger partial charge in [0.1, 0.15) is 5.75 Å². The van der Waals surface area contributed by atoms with E-state index in [1.54, 1.807) is 0 Å². The molecule has 0 bridgehead atoms. The van der Waals surface area contributed by atoms with E-state index in [0.29, 0.717) is 5.56 Å². The normalized spacial score (nSPS) is 12.1. The van der Waals surface area contributed by atoms with Crippen molar-refractivity contribution in [1.29, 1.82) is 0 Å². The molecule has 1 amide bonds. The predicted octanol–water partition coefficient (Wildman–Crippen LogP) is 0.129. The lowest BCUT2D eigenvalue weighted by Gasteiger charge is -2.15. The van der Waals surface area contributed by atoms with Crippen LogP contribution in [-0.2, 0) is 4.74 Å². The lowest BCUT2D eigenvalue weighted by Crippen LogP contribution is -2.40. The van der Waals surface area contributed by atoms with Gasteiger partial charge in [0.15, 0.2) is 0 Å². The highest BCUT2D eigenvalue weighted by molar-refractivity contribution is 5.94. The number of nitrogens with one attached hydrogen (secondary N) is 1. The third kappa shape index (κ3) is 3.52. The number of amides is 1. The maximum absolute atomic E-state index is 11.6. The monoisotopic (exact) mass is 225 g/mol. The number of aliphatic hydroxyl groups excluding tert-OH is 1. The molecule has 0 saturated heterocycles. The molecule has 0 heterocycles. The first-order chi connectivity index (χ1) is 7.67. The summed E-state index contributed by atoms with van der Waals surface area (Å²) in [6.07, 6.45) is 0. The highest BCUT2D eigenvalue weighted by Crippen LogP contribution is 2.09. The van der Waals surface area contributed by atoms with Gasteiger partial charge in [-0.2, -0.15) is 0 Å². The van der Waals surface area contributed by atoms with Gasteiger partial charge in [-0.1, -0.05) is 0 Å². The molecule has 0 radical (unpaired) electrons. The Kier molecular flexibility index (Phi) is 4.75. The van der Waals surface area contributed by atoms with Crippen molar-refractivity contribution in [2.24, 2.45) is 0 Å². The van der Waals surface area contributed by atoms with Gasteiger partial charge in [-0.25, -0.2) is 0 Å². The highest BCUT2D eigenvalue weighted by atomic mass is 16.5. The first-order valence-corrected chi connectivity index (χ1v) is 4.87. The maximum atomic E-state index is 11.6. The molecule has 1 rings (SSSR count). The fourth-order valence-electron chi connectivity index (χ4n) is 1.22. The van der Waals surface area contributed by atoms with E-state index >= 15 is 0 Å². The molecule has 0 fully saturated rings. The molecule has 1 atom stereocenters. The lowest BCUT2D eigenvalue weighted by molar-refractivity contribution is 0.0839. The molecular formula is C11H15NO4. The summed E-state index contributed by atoms with van der Waals surface area (Å²) in [6, 6.07) is 5.45. The molecule has 0 aliphatic heterocycles. The van der Waals surface area contributed by atoms with Crippen LogP contribution in [-0.4, -0.2) is 42.5 Å². The fraction of sp³-hybridized carbons (Fsp3) is 0.364. The molecule has 1 aromatic carbocycles. The summed E-state index contributed by atoms with van der Waals surface area (Å²) in [5, 5.41) is 20.6. The van der Waals surface area contributed by atoms with Crippen LogP contribution in [0.3, 0.4) is 0 Å². The molecule has 0 spiro atoms. The van der Waals surface area contributed by atoms with E-state index in [1.165, 1.54) is 31.4 Å². The Balaban J connectivity index is 2.60. The van der Waals surface area contributed by atoms with Crippen LogP contribution in [0.4, 0.5) is 0 Å². The van der Waals surface area contributed by atoms with Crippen LogP contribution in [0.15, 0.2) is 24.3 Å². The van der Waals surface area contributed by atoms with Gasteiger partial charge in [0.2, 0.25) is 0 Å². The van der Waals surface area contributed by atoms with Gasteiger partial charge >= 0.3 is 0 Å². The zero-order valence-corrected chi connectivity index (χ0v) is 9.01. The minimum absolute atomic E-state index is 0.104. The van der Waals surface area contributed by atoms with Crippen LogP contribution in [0.2, 0.25) is 0 Å². The molecule has 0 aliphatic rings. The van der Waals surface area contributed by atoms with Crippen LogP contribution in [0, 0.1) is 0 Å². The second kappa shape index (κ2) is 6.09. The van der Waals surface area contributed by atoms with Crippen molar-refractivity contribution in [1.82, 2.24) is 5.32 Å². The van der Waals surface area contributed by atoms with Gasteiger partial charge in [-0.05, 0) is 24.3 Å². The minimum Gasteiger partial charge on any atom is -0.508 e. The molecule has 1 aromatic rings. The number of methoxy groups -OCH3 is 1. The minimum atomic E-state index is -0.425. The largest absolute Gasteiger partial charge is 0.508 e. The van der Waals surface area contributed by atoms with Crippen LogP contribution in [0.5, 0.6) is 5.75 Å². The number of carbonyl (C=O) groups is 1. The van der Waals surface area contributed by atoms with Crippen LogP contribution in [0.25, 0.3) is 0 Å². The van der Waals surface area contributed by atoms with Gasteiger partial charge in [0, 0.05) is 12.7 Å². The molecule has 16 heavy (non-hydrogen) atoms. The van der Waals surface area contributed by atoms with Crippen molar-refractivity contribution in [3.8, 4) is 5.75 Å². The summed E-state index contributed by atoms with van der Waals surface area (Å²) >= 11 is 0. The van der Waals surface area contributed by atoms with Crippen molar-refractivity contribution in [2.45, 2.75) is 6.04 Å².